The largest absolute Gasteiger partial charge is 0.355 e. The highest BCUT2D eigenvalue weighted by atomic mass is 32.1. The number of rotatable bonds is 8. The molecule has 0 fully saturated rings. The summed E-state index contributed by atoms with van der Waals surface area (Å²) >= 11 is 1.55. The van der Waals surface area contributed by atoms with E-state index in [9.17, 15) is 4.79 Å². The van der Waals surface area contributed by atoms with Gasteiger partial charge in [-0.3, -0.25) is 9.78 Å². The van der Waals surface area contributed by atoms with Gasteiger partial charge in [0.1, 0.15) is 0 Å². The van der Waals surface area contributed by atoms with E-state index < -0.39 is 0 Å². The van der Waals surface area contributed by atoms with Crippen LogP contribution >= 0.6 is 11.3 Å². The fourth-order valence-corrected chi connectivity index (χ4v) is 2.82. The second kappa shape index (κ2) is 8.37. The highest BCUT2D eigenvalue weighted by Crippen LogP contribution is 2.24. The summed E-state index contributed by atoms with van der Waals surface area (Å²) in [5.74, 6) is 0.401. The van der Waals surface area contributed by atoms with Gasteiger partial charge in [0.15, 0.2) is 11.5 Å². The van der Waals surface area contributed by atoms with Gasteiger partial charge in [0.25, 0.3) is 5.91 Å². The molecule has 3 aromatic heterocycles. The van der Waals surface area contributed by atoms with Crippen molar-refractivity contribution in [2.75, 3.05) is 13.1 Å². The number of nitrogens with zero attached hydrogens (tertiary/aromatic N) is 2. The monoisotopic (exact) mass is 342 g/mol. The van der Waals surface area contributed by atoms with E-state index in [1.807, 2.05) is 35.7 Å². The summed E-state index contributed by atoms with van der Waals surface area (Å²) in [5.41, 5.74) is 1.31. The first-order valence-corrected chi connectivity index (χ1v) is 8.60. The molecule has 3 aromatic rings. The van der Waals surface area contributed by atoms with E-state index in [-0.39, 0.29) is 5.91 Å². The van der Waals surface area contributed by atoms with E-state index in [1.54, 1.807) is 23.6 Å². The van der Waals surface area contributed by atoms with Gasteiger partial charge < -0.3 is 15.2 Å². The van der Waals surface area contributed by atoms with Crippen LogP contribution < -0.4 is 10.6 Å². The highest BCUT2D eigenvalue weighted by Gasteiger charge is 2.13. The fraction of sp³-hybridized carbons (Fsp3) is 0.235. The van der Waals surface area contributed by atoms with Crippen molar-refractivity contribution >= 4 is 17.2 Å². The zero-order chi connectivity index (χ0) is 16.6. The average molecular weight is 342 g/mol. The smallest absolute Gasteiger partial charge is 0.273 e. The Kier molecular flexibility index (Phi) is 5.70. The SMILES string of the molecule is O=C(NCCCNCc1ccccn1)c1cc(-c2cccs2)on1. The summed E-state index contributed by atoms with van der Waals surface area (Å²) in [5, 5.41) is 11.9. The predicted octanol–water partition coefficient (Wildman–Crippen LogP) is 2.71. The molecular weight excluding hydrogens is 324 g/mol. The lowest BCUT2D eigenvalue weighted by molar-refractivity contribution is 0.0944. The van der Waals surface area contributed by atoms with Gasteiger partial charge >= 0.3 is 0 Å². The Balaban J connectivity index is 1.35. The fourth-order valence-electron chi connectivity index (χ4n) is 2.14. The lowest BCUT2D eigenvalue weighted by atomic mass is 10.3. The van der Waals surface area contributed by atoms with Crippen molar-refractivity contribution < 1.29 is 9.32 Å². The summed E-state index contributed by atoms with van der Waals surface area (Å²) < 4.78 is 5.20. The Morgan fingerprint density at radius 3 is 2.96 bits per heavy atom. The first kappa shape index (κ1) is 16.4. The predicted molar refractivity (Wildman–Crippen MR) is 92.7 cm³/mol. The van der Waals surface area contributed by atoms with Gasteiger partial charge in [0.2, 0.25) is 0 Å². The number of hydrogen-bond donors (Lipinski definition) is 2. The second-order valence-electron chi connectivity index (χ2n) is 5.16. The first-order chi connectivity index (χ1) is 11.8. The van der Waals surface area contributed by atoms with Crippen LogP contribution in [0.2, 0.25) is 0 Å². The van der Waals surface area contributed by atoms with Crippen LogP contribution in [-0.4, -0.2) is 29.1 Å². The van der Waals surface area contributed by atoms with Gasteiger partial charge in [-0.1, -0.05) is 17.3 Å². The van der Waals surface area contributed by atoms with Crippen LogP contribution in [-0.2, 0) is 6.54 Å². The molecule has 0 aliphatic rings. The number of carbonyl (C=O) groups is 1. The van der Waals surface area contributed by atoms with Crippen molar-refractivity contribution in [2.24, 2.45) is 0 Å². The molecule has 0 bridgehead atoms. The molecule has 0 unspecified atom stereocenters. The molecule has 6 nitrogen and oxygen atoms in total. The Hall–Kier alpha value is -2.51. The van der Waals surface area contributed by atoms with Crippen LogP contribution in [0.4, 0.5) is 0 Å². The third-order valence-corrected chi connectivity index (χ3v) is 4.24. The molecule has 3 heterocycles. The molecule has 0 radical (unpaired) electrons. The maximum Gasteiger partial charge on any atom is 0.273 e. The standard InChI is InChI=1S/C17H18N4O2S/c22-17(14-11-15(23-21-14)16-6-3-10-24-16)20-9-4-7-18-12-13-5-1-2-8-19-13/h1-3,5-6,8,10-11,18H,4,7,9,12H2,(H,20,22). The molecule has 0 aromatic carbocycles. The molecule has 7 heteroatoms. The number of thiophene rings is 1. The van der Waals surface area contributed by atoms with E-state index in [0.717, 1.165) is 30.1 Å². The maximum absolute atomic E-state index is 12.0. The number of pyridine rings is 1. The quantitative estimate of drug-likeness (QED) is 0.615. The van der Waals surface area contributed by atoms with Gasteiger partial charge in [-0.2, -0.15) is 0 Å². The zero-order valence-corrected chi connectivity index (χ0v) is 13.9. The van der Waals surface area contributed by atoms with Crippen molar-refractivity contribution in [1.82, 2.24) is 20.8 Å². The van der Waals surface area contributed by atoms with E-state index in [0.29, 0.717) is 18.0 Å². The number of nitrogens with one attached hydrogen (secondary N) is 2. The van der Waals surface area contributed by atoms with Crippen molar-refractivity contribution in [1.29, 1.82) is 0 Å². The third-order valence-electron chi connectivity index (χ3n) is 3.35. The van der Waals surface area contributed by atoms with Gasteiger partial charge in [-0.05, 0) is 36.5 Å². The first-order valence-electron chi connectivity index (χ1n) is 7.72. The van der Waals surface area contributed by atoms with Crippen LogP contribution in [0.3, 0.4) is 0 Å². The molecular formula is C17H18N4O2S. The molecule has 124 valence electrons. The molecule has 0 saturated carbocycles. The van der Waals surface area contributed by atoms with Gasteiger partial charge in [0.05, 0.1) is 10.6 Å². The van der Waals surface area contributed by atoms with E-state index >= 15 is 0 Å². The van der Waals surface area contributed by atoms with Crippen LogP contribution in [0.15, 0.2) is 52.5 Å². The lowest BCUT2D eigenvalue weighted by Crippen LogP contribution is -2.27. The Morgan fingerprint density at radius 1 is 1.21 bits per heavy atom. The normalized spacial score (nSPS) is 10.7. The average Bonchev–Trinajstić information content (AvgIpc) is 3.29. The number of amides is 1. The van der Waals surface area contributed by atoms with Crippen LogP contribution in [0.1, 0.15) is 22.6 Å². The topological polar surface area (TPSA) is 80.0 Å². The van der Waals surface area contributed by atoms with Crippen LogP contribution in [0, 0.1) is 0 Å². The molecule has 3 rings (SSSR count). The Morgan fingerprint density at radius 2 is 2.17 bits per heavy atom. The second-order valence-corrected chi connectivity index (χ2v) is 6.11. The third kappa shape index (κ3) is 4.50. The summed E-state index contributed by atoms with van der Waals surface area (Å²) in [6, 6.07) is 11.4. The minimum atomic E-state index is -0.216. The molecule has 0 aliphatic carbocycles. The van der Waals surface area contributed by atoms with Crippen molar-refractivity contribution in [2.45, 2.75) is 13.0 Å². The summed E-state index contributed by atoms with van der Waals surface area (Å²) in [4.78, 5) is 17.2. The lowest BCUT2D eigenvalue weighted by Gasteiger charge is -2.05. The van der Waals surface area contributed by atoms with E-state index in [4.69, 9.17) is 4.52 Å². The summed E-state index contributed by atoms with van der Waals surface area (Å²) in [6.45, 7) is 2.10. The summed E-state index contributed by atoms with van der Waals surface area (Å²) in [7, 11) is 0. The molecule has 1 amide bonds. The van der Waals surface area contributed by atoms with Gasteiger partial charge in [-0.25, -0.2) is 0 Å². The number of aromatic nitrogens is 2. The zero-order valence-electron chi connectivity index (χ0n) is 13.1. The van der Waals surface area contributed by atoms with E-state index in [1.165, 1.54) is 0 Å². The van der Waals surface area contributed by atoms with Gasteiger partial charge in [-0.15, -0.1) is 11.3 Å². The van der Waals surface area contributed by atoms with Crippen LogP contribution in [0.5, 0.6) is 0 Å². The molecule has 0 spiro atoms. The van der Waals surface area contributed by atoms with Gasteiger partial charge in [0, 0.05) is 25.4 Å². The van der Waals surface area contributed by atoms with Crippen molar-refractivity contribution in [3.05, 3.63) is 59.4 Å². The minimum Gasteiger partial charge on any atom is -0.355 e. The molecule has 0 atom stereocenters. The maximum atomic E-state index is 12.0. The van der Waals surface area contributed by atoms with Crippen LogP contribution in [0.25, 0.3) is 10.6 Å². The van der Waals surface area contributed by atoms with E-state index in [2.05, 4.69) is 20.8 Å². The molecule has 0 aliphatic heterocycles. The molecule has 2 N–H and O–H groups in total. The minimum absolute atomic E-state index is 0.216. The van der Waals surface area contributed by atoms with Crippen molar-refractivity contribution in [3.8, 4) is 10.6 Å². The molecule has 24 heavy (non-hydrogen) atoms. The summed E-state index contributed by atoms with van der Waals surface area (Å²) in [6.07, 6.45) is 2.60. The Bertz CT molecular complexity index is 756. The Labute approximate surface area is 143 Å². The molecule has 0 saturated heterocycles. The number of hydrogen-bond acceptors (Lipinski definition) is 6. The highest BCUT2D eigenvalue weighted by molar-refractivity contribution is 7.13. The number of carbonyl (C=O) groups excluding carboxylic acids is 1. The van der Waals surface area contributed by atoms with Crippen molar-refractivity contribution in [3.63, 3.8) is 0 Å².